The third-order valence-corrected chi connectivity index (χ3v) is 3.09. The summed E-state index contributed by atoms with van der Waals surface area (Å²) >= 11 is 0. The molecule has 1 fully saturated rings. The molecule has 0 saturated carbocycles. The van der Waals surface area contributed by atoms with Crippen LogP contribution in [0.1, 0.15) is 58.8 Å². The normalized spacial score (nSPS) is 25.9. The minimum absolute atomic E-state index is 0.141. The molecule has 0 spiro atoms. The molecular formula is C13H24O. The highest BCUT2D eigenvalue weighted by molar-refractivity contribution is 5.02. The first-order valence-corrected chi connectivity index (χ1v) is 5.97. The van der Waals surface area contributed by atoms with Crippen LogP contribution >= 0.6 is 0 Å². The Morgan fingerprint density at radius 2 is 2.07 bits per heavy atom. The summed E-state index contributed by atoms with van der Waals surface area (Å²) in [4.78, 5) is 0. The Balaban J connectivity index is 2.04. The SMILES string of the molecule is C=C(CCCCCC)CC1(C)CCO1. The Morgan fingerprint density at radius 3 is 2.57 bits per heavy atom. The molecule has 0 aromatic rings. The number of unbranched alkanes of at least 4 members (excludes halogenated alkanes) is 3. The van der Waals surface area contributed by atoms with Gasteiger partial charge in [0.25, 0.3) is 0 Å². The summed E-state index contributed by atoms with van der Waals surface area (Å²) in [6.45, 7) is 9.53. The Hall–Kier alpha value is -0.300. The van der Waals surface area contributed by atoms with Gasteiger partial charge in [0.1, 0.15) is 0 Å². The zero-order valence-electron chi connectivity index (χ0n) is 9.77. The summed E-state index contributed by atoms with van der Waals surface area (Å²) in [7, 11) is 0. The van der Waals surface area contributed by atoms with Crippen LogP contribution in [0.5, 0.6) is 0 Å². The molecule has 1 heterocycles. The molecule has 0 aromatic carbocycles. The lowest BCUT2D eigenvalue weighted by molar-refractivity contribution is -0.133. The van der Waals surface area contributed by atoms with Crippen LogP contribution in [0.4, 0.5) is 0 Å². The van der Waals surface area contributed by atoms with Crippen molar-refractivity contribution in [1.82, 2.24) is 0 Å². The summed E-state index contributed by atoms with van der Waals surface area (Å²) in [5, 5.41) is 0. The van der Waals surface area contributed by atoms with Crippen LogP contribution in [0, 0.1) is 0 Å². The molecule has 82 valence electrons. The maximum atomic E-state index is 5.56. The Kier molecular flexibility index (Phi) is 4.67. The van der Waals surface area contributed by atoms with Gasteiger partial charge in [0.2, 0.25) is 0 Å². The highest BCUT2D eigenvalue weighted by Crippen LogP contribution is 2.33. The molecule has 14 heavy (non-hydrogen) atoms. The molecule has 0 N–H and O–H groups in total. The second-order valence-corrected chi connectivity index (χ2v) is 4.79. The van der Waals surface area contributed by atoms with Crippen LogP contribution in [-0.2, 0) is 4.74 Å². The molecule has 0 aromatic heterocycles. The van der Waals surface area contributed by atoms with Crippen molar-refractivity contribution in [2.75, 3.05) is 6.61 Å². The van der Waals surface area contributed by atoms with E-state index >= 15 is 0 Å². The molecule has 1 unspecified atom stereocenters. The average Bonchev–Trinajstić information content (AvgIpc) is 2.10. The van der Waals surface area contributed by atoms with Gasteiger partial charge in [-0.05, 0) is 32.6 Å². The van der Waals surface area contributed by atoms with Gasteiger partial charge in [0.15, 0.2) is 0 Å². The summed E-state index contributed by atoms with van der Waals surface area (Å²) in [5.74, 6) is 0. The second-order valence-electron chi connectivity index (χ2n) is 4.79. The smallest absolute Gasteiger partial charge is 0.0713 e. The summed E-state index contributed by atoms with van der Waals surface area (Å²) in [5.41, 5.74) is 1.52. The van der Waals surface area contributed by atoms with Crippen LogP contribution in [-0.4, -0.2) is 12.2 Å². The standard InChI is InChI=1S/C13H24O/c1-4-5-6-7-8-12(2)11-13(3)9-10-14-13/h2,4-11H2,1,3H3. The van der Waals surface area contributed by atoms with Gasteiger partial charge in [0.05, 0.1) is 12.2 Å². The molecule has 1 atom stereocenters. The molecule has 1 aliphatic heterocycles. The third kappa shape index (κ3) is 3.83. The highest BCUT2D eigenvalue weighted by atomic mass is 16.5. The van der Waals surface area contributed by atoms with Crippen LogP contribution < -0.4 is 0 Å². The van der Waals surface area contributed by atoms with Crippen molar-refractivity contribution >= 4 is 0 Å². The molecule has 1 rings (SSSR count). The van der Waals surface area contributed by atoms with Crippen molar-refractivity contribution in [1.29, 1.82) is 0 Å². The van der Waals surface area contributed by atoms with E-state index in [1.54, 1.807) is 0 Å². The Bertz CT molecular complexity index is 180. The molecule has 0 radical (unpaired) electrons. The fourth-order valence-corrected chi connectivity index (χ4v) is 2.01. The van der Waals surface area contributed by atoms with Crippen molar-refractivity contribution in [2.24, 2.45) is 0 Å². The van der Waals surface area contributed by atoms with Crippen molar-refractivity contribution in [3.63, 3.8) is 0 Å². The summed E-state index contributed by atoms with van der Waals surface area (Å²) in [6.07, 6.45) is 8.81. The molecule has 0 amide bonds. The highest BCUT2D eigenvalue weighted by Gasteiger charge is 2.32. The molecule has 1 nitrogen and oxygen atoms in total. The first kappa shape index (κ1) is 11.8. The minimum atomic E-state index is 0.141. The summed E-state index contributed by atoms with van der Waals surface area (Å²) in [6, 6.07) is 0. The van der Waals surface area contributed by atoms with E-state index in [4.69, 9.17) is 4.74 Å². The van der Waals surface area contributed by atoms with Gasteiger partial charge in [0, 0.05) is 0 Å². The van der Waals surface area contributed by atoms with Gasteiger partial charge in [-0.2, -0.15) is 0 Å². The molecule has 0 aliphatic carbocycles. The van der Waals surface area contributed by atoms with Gasteiger partial charge in [-0.3, -0.25) is 0 Å². The zero-order valence-corrected chi connectivity index (χ0v) is 9.77. The second kappa shape index (κ2) is 5.55. The van der Waals surface area contributed by atoms with Crippen molar-refractivity contribution < 1.29 is 4.74 Å². The van der Waals surface area contributed by atoms with Crippen molar-refractivity contribution in [3.05, 3.63) is 12.2 Å². The van der Waals surface area contributed by atoms with E-state index in [-0.39, 0.29) is 5.60 Å². The van der Waals surface area contributed by atoms with E-state index in [0.717, 1.165) is 13.0 Å². The van der Waals surface area contributed by atoms with Crippen molar-refractivity contribution in [2.45, 2.75) is 64.4 Å². The fraction of sp³-hybridized carbons (Fsp3) is 0.846. The van der Waals surface area contributed by atoms with Crippen LogP contribution in [0.2, 0.25) is 0 Å². The minimum Gasteiger partial charge on any atom is -0.375 e. The average molecular weight is 196 g/mol. The molecule has 1 aliphatic rings. The number of rotatable bonds is 7. The predicted octanol–water partition coefficient (Wildman–Crippen LogP) is 4.08. The number of ether oxygens (including phenoxy) is 1. The van der Waals surface area contributed by atoms with Gasteiger partial charge < -0.3 is 4.74 Å². The monoisotopic (exact) mass is 196 g/mol. The first-order chi connectivity index (χ1) is 6.66. The van der Waals surface area contributed by atoms with Gasteiger partial charge in [-0.1, -0.05) is 38.3 Å². The third-order valence-electron chi connectivity index (χ3n) is 3.09. The molecule has 0 bridgehead atoms. The molecule has 1 heteroatoms. The lowest BCUT2D eigenvalue weighted by Gasteiger charge is -2.39. The van der Waals surface area contributed by atoms with E-state index in [2.05, 4.69) is 20.4 Å². The van der Waals surface area contributed by atoms with E-state index < -0.39 is 0 Å². The Labute approximate surface area is 88.5 Å². The van der Waals surface area contributed by atoms with E-state index in [1.807, 2.05) is 0 Å². The van der Waals surface area contributed by atoms with Crippen LogP contribution in [0.3, 0.4) is 0 Å². The number of hydrogen-bond donors (Lipinski definition) is 0. The largest absolute Gasteiger partial charge is 0.375 e. The summed E-state index contributed by atoms with van der Waals surface area (Å²) < 4.78 is 5.56. The topological polar surface area (TPSA) is 9.23 Å². The lowest BCUT2D eigenvalue weighted by Crippen LogP contribution is -2.40. The molecular weight excluding hydrogens is 172 g/mol. The van der Waals surface area contributed by atoms with Gasteiger partial charge >= 0.3 is 0 Å². The quantitative estimate of drug-likeness (QED) is 0.440. The van der Waals surface area contributed by atoms with E-state index in [0.29, 0.717) is 0 Å². The lowest BCUT2D eigenvalue weighted by atomic mass is 9.88. The van der Waals surface area contributed by atoms with Crippen molar-refractivity contribution in [3.8, 4) is 0 Å². The predicted molar refractivity (Wildman–Crippen MR) is 61.5 cm³/mol. The maximum absolute atomic E-state index is 5.56. The molecule has 1 saturated heterocycles. The zero-order chi connectivity index (χ0) is 10.4. The number of hydrogen-bond acceptors (Lipinski definition) is 1. The fourth-order valence-electron chi connectivity index (χ4n) is 2.01. The Morgan fingerprint density at radius 1 is 1.36 bits per heavy atom. The maximum Gasteiger partial charge on any atom is 0.0713 e. The van der Waals surface area contributed by atoms with Gasteiger partial charge in [-0.15, -0.1) is 0 Å². The van der Waals surface area contributed by atoms with E-state index in [1.165, 1.54) is 44.1 Å². The van der Waals surface area contributed by atoms with Crippen LogP contribution in [0.25, 0.3) is 0 Å². The first-order valence-electron chi connectivity index (χ1n) is 5.97. The van der Waals surface area contributed by atoms with E-state index in [9.17, 15) is 0 Å². The van der Waals surface area contributed by atoms with Crippen LogP contribution in [0.15, 0.2) is 12.2 Å². The van der Waals surface area contributed by atoms with Gasteiger partial charge in [-0.25, -0.2) is 0 Å².